The van der Waals surface area contributed by atoms with Crippen molar-refractivity contribution in [2.45, 2.75) is 31.3 Å². The molecule has 6 heteroatoms. The van der Waals surface area contributed by atoms with Crippen LogP contribution in [0, 0.1) is 11.7 Å². The van der Waals surface area contributed by atoms with E-state index < -0.39 is 0 Å². The van der Waals surface area contributed by atoms with Gasteiger partial charge in [0.2, 0.25) is 0 Å². The van der Waals surface area contributed by atoms with Crippen molar-refractivity contribution in [3.63, 3.8) is 0 Å². The number of nitrogens with zero attached hydrogens (tertiary/aromatic N) is 3. The Bertz CT molecular complexity index is 950. The Labute approximate surface area is 170 Å². The standard InChI is InChI=1S/C23H27FN4O/c1-27-23(12-22(26-27)16-4-6-18(24)7-5-16)21-15-28-9-8-17(21)11-19(28)13-25-14-20-3-2-10-29-20/h2-7,10,12,17,19,21,25H,8-9,11,13-15H2,1H3/t17-,19+,21+/m0/s1. The molecule has 1 N–H and O–H groups in total. The number of aryl methyl sites for hydroxylation is 1. The molecular weight excluding hydrogens is 367 g/mol. The molecule has 0 aliphatic carbocycles. The van der Waals surface area contributed by atoms with Crippen molar-refractivity contribution >= 4 is 0 Å². The fourth-order valence-corrected chi connectivity index (χ4v) is 5.05. The van der Waals surface area contributed by atoms with Crippen LogP contribution in [0.2, 0.25) is 0 Å². The van der Waals surface area contributed by atoms with E-state index in [-0.39, 0.29) is 5.82 Å². The number of fused-ring (bicyclic) bond motifs is 3. The summed E-state index contributed by atoms with van der Waals surface area (Å²) in [5.74, 6) is 1.97. The Hall–Kier alpha value is -2.44. The fourth-order valence-electron chi connectivity index (χ4n) is 5.05. The molecule has 3 fully saturated rings. The number of nitrogens with one attached hydrogen (secondary N) is 1. The summed E-state index contributed by atoms with van der Waals surface area (Å²) in [6.45, 7) is 4.04. The number of benzene rings is 1. The van der Waals surface area contributed by atoms with E-state index in [0.717, 1.165) is 36.7 Å². The van der Waals surface area contributed by atoms with Crippen LogP contribution in [0.3, 0.4) is 0 Å². The molecule has 1 unspecified atom stereocenters. The van der Waals surface area contributed by atoms with Crippen molar-refractivity contribution in [1.82, 2.24) is 20.0 Å². The van der Waals surface area contributed by atoms with Crippen molar-refractivity contribution in [3.8, 4) is 11.3 Å². The van der Waals surface area contributed by atoms with Gasteiger partial charge in [0.25, 0.3) is 0 Å². The normalized spacial score (nSPS) is 26.1. The smallest absolute Gasteiger partial charge is 0.123 e. The van der Waals surface area contributed by atoms with Gasteiger partial charge in [-0.3, -0.25) is 9.58 Å². The molecule has 0 spiro atoms. The first kappa shape index (κ1) is 18.6. The largest absolute Gasteiger partial charge is 0.468 e. The van der Waals surface area contributed by atoms with E-state index in [1.54, 1.807) is 18.4 Å². The van der Waals surface area contributed by atoms with E-state index in [0.29, 0.717) is 17.9 Å². The van der Waals surface area contributed by atoms with E-state index in [2.05, 4.69) is 16.3 Å². The van der Waals surface area contributed by atoms with Crippen molar-refractivity contribution in [1.29, 1.82) is 0 Å². The summed E-state index contributed by atoms with van der Waals surface area (Å²) in [4.78, 5) is 2.63. The zero-order chi connectivity index (χ0) is 19.8. The number of rotatable bonds is 6. The maximum absolute atomic E-state index is 13.2. The third-order valence-corrected chi connectivity index (χ3v) is 6.57. The van der Waals surface area contributed by atoms with Gasteiger partial charge in [0.05, 0.1) is 18.5 Å². The summed E-state index contributed by atoms with van der Waals surface area (Å²) in [5, 5.41) is 8.27. The van der Waals surface area contributed by atoms with Gasteiger partial charge in [0.15, 0.2) is 0 Å². The van der Waals surface area contributed by atoms with Gasteiger partial charge >= 0.3 is 0 Å². The topological polar surface area (TPSA) is 46.2 Å². The number of aromatic nitrogens is 2. The summed E-state index contributed by atoms with van der Waals surface area (Å²) < 4.78 is 20.7. The highest BCUT2D eigenvalue weighted by molar-refractivity contribution is 5.59. The summed E-state index contributed by atoms with van der Waals surface area (Å²) in [7, 11) is 2.03. The second-order valence-corrected chi connectivity index (χ2v) is 8.33. The molecule has 2 aromatic heterocycles. The molecule has 4 atom stereocenters. The minimum absolute atomic E-state index is 0.214. The highest BCUT2D eigenvalue weighted by Gasteiger charge is 2.41. The van der Waals surface area contributed by atoms with Crippen molar-refractivity contribution < 1.29 is 8.81 Å². The highest BCUT2D eigenvalue weighted by atomic mass is 19.1. The molecule has 0 amide bonds. The number of hydrogen-bond donors (Lipinski definition) is 1. The zero-order valence-corrected chi connectivity index (χ0v) is 16.7. The van der Waals surface area contributed by atoms with Gasteiger partial charge < -0.3 is 9.73 Å². The molecule has 29 heavy (non-hydrogen) atoms. The van der Waals surface area contributed by atoms with Crippen LogP contribution in [0.15, 0.2) is 53.1 Å². The van der Waals surface area contributed by atoms with Crippen molar-refractivity contribution in [3.05, 3.63) is 66.0 Å². The van der Waals surface area contributed by atoms with E-state index in [1.807, 2.05) is 23.9 Å². The van der Waals surface area contributed by atoms with Crippen LogP contribution >= 0.6 is 0 Å². The number of furan rings is 1. The van der Waals surface area contributed by atoms with Crippen molar-refractivity contribution in [2.75, 3.05) is 19.6 Å². The molecule has 3 aromatic rings. The van der Waals surface area contributed by atoms with Gasteiger partial charge in [-0.15, -0.1) is 0 Å². The summed E-state index contributed by atoms with van der Waals surface area (Å²) >= 11 is 0. The van der Waals surface area contributed by atoms with Crippen LogP contribution < -0.4 is 5.32 Å². The predicted octanol–water partition coefficient (Wildman–Crippen LogP) is 3.79. The van der Waals surface area contributed by atoms with Crippen molar-refractivity contribution in [2.24, 2.45) is 13.0 Å². The molecule has 1 aromatic carbocycles. The lowest BCUT2D eigenvalue weighted by Crippen LogP contribution is -2.55. The molecule has 0 radical (unpaired) electrons. The SMILES string of the molecule is Cn1nc(-c2ccc(F)cc2)cc1[C@@H]1CN2CC[C@H]1C[C@@H]2CNCc1ccco1. The van der Waals surface area contributed by atoms with Crippen LogP contribution in [-0.4, -0.2) is 40.4 Å². The summed E-state index contributed by atoms with van der Waals surface area (Å²) in [5.41, 5.74) is 3.19. The molecule has 0 saturated carbocycles. The average molecular weight is 394 g/mol. The van der Waals surface area contributed by atoms with E-state index in [4.69, 9.17) is 9.52 Å². The van der Waals surface area contributed by atoms with E-state index >= 15 is 0 Å². The van der Waals surface area contributed by atoms with Crippen LogP contribution in [-0.2, 0) is 13.6 Å². The third-order valence-electron chi connectivity index (χ3n) is 6.57. The third kappa shape index (κ3) is 3.74. The second-order valence-electron chi connectivity index (χ2n) is 8.33. The average Bonchev–Trinajstić information content (AvgIpc) is 3.39. The molecule has 3 saturated heterocycles. The molecule has 6 rings (SSSR count). The minimum atomic E-state index is -0.214. The Kier molecular flexibility index (Phi) is 4.97. The van der Waals surface area contributed by atoms with Gasteiger partial charge in [-0.25, -0.2) is 4.39 Å². The zero-order valence-electron chi connectivity index (χ0n) is 16.7. The Morgan fingerprint density at radius 2 is 2.10 bits per heavy atom. The summed E-state index contributed by atoms with van der Waals surface area (Å²) in [6, 6.07) is 13.3. The molecule has 2 bridgehead atoms. The van der Waals surface area contributed by atoms with Crippen LogP contribution in [0.1, 0.15) is 30.2 Å². The first-order chi connectivity index (χ1) is 14.2. The highest BCUT2D eigenvalue weighted by Crippen LogP contribution is 2.42. The molecular formula is C23H27FN4O. The Balaban J connectivity index is 1.26. The minimum Gasteiger partial charge on any atom is -0.468 e. The monoisotopic (exact) mass is 394 g/mol. The molecule has 5 nitrogen and oxygen atoms in total. The number of piperidine rings is 3. The van der Waals surface area contributed by atoms with Crippen LogP contribution in [0.5, 0.6) is 0 Å². The molecule has 152 valence electrons. The van der Waals surface area contributed by atoms with Crippen LogP contribution in [0.25, 0.3) is 11.3 Å². The predicted molar refractivity (Wildman–Crippen MR) is 110 cm³/mol. The quantitative estimate of drug-likeness (QED) is 0.691. The first-order valence-corrected chi connectivity index (χ1v) is 10.4. The van der Waals surface area contributed by atoms with Gasteiger partial charge in [-0.1, -0.05) is 0 Å². The lowest BCUT2D eigenvalue weighted by Gasteiger charge is -2.50. The molecule has 5 heterocycles. The molecule has 3 aliphatic rings. The number of hydrogen-bond acceptors (Lipinski definition) is 4. The van der Waals surface area contributed by atoms with Gasteiger partial charge in [-0.05, 0) is 67.8 Å². The van der Waals surface area contributed by atoms with Crippen LogP contribution in [0.4, 0.5) is 4.39 Å². The first-order valence-electron chi connectivity index (χ1n) is 10.4. The summed E-state index contributed by atoms with van der Waals surface area (Å²) in [6.07, 6.45) is 4.19. The maximum atomic E-state index is 13.2. The Morgan fingerprint density at radius 1 is 1.24 bits per heavy atom. The van der Waals surface area contributed by atoms with Gasteiger partial charge in [-0.2, -0.15) is 5.10 Å². The van der Waals surface area contributed by atoms with Gasteiger partial charge in [0, 0.05) is 43.4 Å². The van der Waals surface area contributed by atoms with E-state index in [1.165, 1.54) is 37.2 Å². The lowest BCUT2D eigenvalue weighted by molar-refractivity contribution is 0.0280. The van der Waals surface area contributed by atoms with E-state index in [9.17, 15) is 4.39 Å². The Morgan fingerprint density at radius 3 is 2.83 bits per heavy atom. The van der Waals surface area contributed by atoms with Gasteiger partial charge in [0.1, 0.15) is 11.6 Å². The second kappa shape index (κ2) is 7.76. The maximum Gasteiger partial charge on any atom is 0.123 e. The molecule has 3 aliphatic heterocycles. The lowest BCUT2D eigenvalue weighted by atomic mass is 9.74. The number of halogens is 1. The fraction of sp³-hybridized carbons (Fsp3) is 0.435.